The van der Waals surface area contributed by atoms with E-state index in [2.05, 4.69) is 28.7 Å². The molecule has 0 saturated carbocycles. The molecule has 0 unspecified atom stereocenters. The Labute approximate surface area is 192 Å². The summed E-state index contributed by atoms with van der Waals surface area (Å²) in [5, 5.41) is 10.5. The smallest absolute Gasteiger partial charge is 0.305 e. The minimum Gasteiger partial charge on any atom is -0.469 e. The van der Waals surface area contributed by atoms with Gasteiger partial charge in [0.2, 0.25) is 5.91 Å². The van der Waals surface area contributed by atoms with Gasteiger partial charge in [-0.05, 0) is 30.7 Å². The topological polar surface area (TPSA) is 66.8 Å². The van der Waals surface area contributed by atoms with E-state index in [0.717, 1.165) is 45.1 Å². The summed E-state index contributed by atoms with van der Waals surface area (Å²) in [6.45, 7) is 2.72. The van der Waals surface area contributed by atoms with Crippen molar-refractivity contribution in [3.8, 4) is 11.8 Å². The normalized spacial score (nSPS) is 17.8. The number of carbonyl (C=O) groups is 2. The number of rotatable bonds is 12. The van der Waals surface area contributed by atoms with Crippen molar-refractivity contribution >= 4 is 11.9 Å². The minimum absolute atomic E-state index is 0.0369. The molecule has 1 aromatic rings. The van der Waals surface area contributed by atoms with Crippen molar-refractivity contribution in [2.24, 2.45) is 5.92 Å². The van der Waals surface area contributed by atoms with Gasteiger partial charge in [-0.25, -0.2) is 0 Å². The summed E-state index contributed by atoms with van der Waals surface area (Å²) in [5.74, 6) is 6.41. The molecule has 0 bridgehead atoms. The average molecular weight is 440 g/mol. The molecular formula is C27H37NO4. The first-order valence-corrected chi connectivity index (χ1v) is 11.7. The Balaban J connectivity index is 1.71. The highest BCUT2D eigenvalue weighted by Crippen LogP contribution is 2.22. The number of amides is 1. The first kappa shape index (κ1) is 25.7. The first-order valence-electron chi connectivity index (χ1n) is 11.7. The van der Waals surface area contributed by atoms with Crippen LogP contribution in [0.1, 0.15) is 63.9 Å². The molecule has 0 spiro atoms. The predicted octanol–water partition coefficient (Wildman–Crippen LogP) is 4.29. The molecule has 1 N–H and O–H groups in total. The molecule has 1 heterocycles. The second-order valence-corrected chi connectivity index (χ2v) is 8.51. The summed E-state index contributed by atoms with van der Waals surface area (Å²) in [7, 11) is 1.41. The van der Waals surface area contributed by atoms with Crippen LogP contribution in [0.2, 0.25) is 0 Å². The zero-order chi connectivity index (χ0) is 23.2. The standard InChI is InChI=1S/C27H37NO4/c1-22(12-9-10-15-23-13-6-5-7-14-23)25(29)19-17-24-18-20-26(30)28(24)21-11-4-3-8-16-27(31)32-2/h5-7,13-14,17,19,22,24-25,29H,3-4,8,11-12,15-16,18,20-21H2,1-2H3/t22-,24+,25-/m1/s1. The van der Waals surface area contributed by atoms with Crippen molar-refractivity contribution < 1.29 is 19.4 Å². The number of aliphatic hydroxyl groups is 1. The van der Waals surface area contributed by atoms with E-state index in [1.807, 2.05) is 42.2 Å². The Bertz CT molecular complexity index is 793. The van der Waals surface area contributed by atoms with E-state index in [4.69, 9.17) is 0 Å². The van der Waals surface area contributed by atoms with Gasteiger partial charge in [0.1, 0.15) is 0 Å². The minimum atomic E-state index is -0.572. The van der Waals surface area contributed by atoms with Crippen molar-refractivity contribution in [2.45, 2.75) is 76.9 Å². The lowest BCUT2D eigenvalue weighted by molar-refractivity contribution is -0.140. The Morgan fingerprint density at radius 1 is 1.22 bits per heavy atom. The van der Waals surface area contributed by atoms with E-state index in [0.29, 0.717) is 19.3 Å². The van der Waals surface area contributed by atoms with Crippen LogP contribution in [0.4, 0.5) is 0 Å². The summed E-state index contributed by atoms with van der Waals surface area (Å²) >= 11 is 0. The maximum Gasteiger partial charge on any atom is 0.305 e. The molecule has 1 saturated heterocycles. The van der Waals surface area contributed by atoms with Crippen LogP contribution in [-0.4, -0.2) is 47.7 Å². The van der Waals surface area contributed by atoms with E-state index in [9.17, 15) is 14.7 Å². The van der Waals surface area contributed by atoms with Gasteiger partial charge in [-0.2, -0.15) is 0 Å². The zero-order valence-corrected chi connectivity index (χ0v) is 19.5. The van der Waals surface area contributed by atoms with Gasteiger partial charge in [0.25, 0.3) is 0 Å². The van der Waals surface area contributed by atoms with Crippen LogP contribution in [0, 0.1) is 17.8 Å². The zero-order valence-electron chi connectivity index (χ0n) is 19.5. The van der Waals surface area contributed by atoms with Gasteiger partial charge in [0.05, 0.1) is 19.3 Å². The van der Waals surface area contributed by atoms with E-state index < -0.39 is 6.10 Å². The summed E-state index contributed by atoms with van der Waals surface area (Å²) in [5.41, 5.74) is 1.20. The van der Waals surface area contributed by atoms with Gasteiger partial charge < -0.3 is 14.7 Å². The average Bonchev–Trinajstić information content (AvgIpc) is 3.16. The molecule has 1 aromatic carbocycles. The number of methoxy groups -OCH3 is 1. The quantitative estimate of drug-likeness (QED) is 0.228. The second-order valence-electron chi connectivity index (χ2n) is 8.51. The predicted molar refractivity (Wildman–Crippen MR) is 127 cm³/mol. The second kappa shape index (κ2) is 14.5. The van der Waals surface area contributed by atoms with Crippen LogP contribution < -0.4 is 0 Å². The highest BCUT2D eigenvalue weighted by atomic mass is 16.5. The van der Waals surface area contributed by atoms with Gasteiger partial charge in [-0.1, -0.05) is 68.2 Å². The number of benzene rings is 1. The van der Waals surface area contributed by atoms with E-state index >= 15 is 0 Å². The maximum absolute atomic E-state index is 12.3. The van der Waals surface area contributed by atoms with E-state index in [1.54, 1.807) is 0 Å². The third-order valence-electron chi connectivity index (χ3n) is 5.93. The summed E-state index contributed by atoms with van der Waals surface area (Å²) in [6.07, 6.45) is 10.1. The number of esters is 1. The largest absolute Gasteiger partial charge is 0.469 e. The van der Waals surface area contributed by atoms with Crippen molar-refractivity contribution in [2.75, 3.05) is 13.7 Å². The van der Waals surface area contributed by atoms with Crippen LogP contribution in [0.15, 0.2) is 42.5 Å². The monoisotopic (exact) mass is 439 g/mol. The molecule has 174 valence electrons. The lowest BCUT2D eigenvalue weighted by Crippen LogP contribution is -2.33. The fourth-order valence-electron chi connectivity index (χ4n) is 3.80. The number of ether oxygens (including phenoxy) is 1. The highest BCUT2D eigenvalue weighted by Gasteiger charge is 2.28. The Morgan fingerprint density at radius 2 is 1.97 bits per heavy atom. The molecule has 1 fully saturated rings. The molecule has 5 nitrogen and oxygen atoms in total. The number of aliphatic hydroxyl groups excluding tert-OH is 1. The molecule has 3 atom stereocenters. The van der Waals surface area contributed by atoms with Gasteiger partial charge in [-0.15, -0.1) is 5.92 Å². The lowest BCUT2D eigenvalue weighted by atomic mass is 9.99. The number of hydrogen-bond acceptors (Lipinski definition) is 4. The SMILES string of the molecule is COC(=O)CCCCCCN1C(=O)CC[C@@H]1C=C[C@@H](O)[C@H](C)CC#CCc1ccccc1. The van der Waals surface area contributed by atoms with Crippen LogP contribution in [0.3, 0.4) is 0 Å². The first-order chi connectivity index (χ1) is 15.5. The van der Waals surface area contributed by atoms with Crippen LogP contribution >= 0.6 is 0 Å². The van der Waals surface area contributed by atoms with Crippen LogP contribution in [0.5, 0.6) is 0 Å². The molecule has 32 heavy (non-hydrogen) atoms. The fourth-order valence-corrected chi connectivity index (χ4v) is 3.80. The molecule has 2 rings (SSSR count). The third kappa shape index (κ3) is 9.28. The van der Waals surface area contributed by atoms with Gasteiger partial charge in [0.15, 0.2) is 0 Å². The van der Waals surface area contributed by atoms with Crippen LogP contribution in [0.25, 0.3) is 0 Å². The summed E-state index contributed by atoms with van der Waals surface area (Å²) in [4.78, 5) is 25.3. The molecule has 1 aliphatic rings. The van der Waals surface area contributed by atoms with Gasteiger partial charge >= 0.3 is 5.97 Å². The van der Waals surface area contributed by atoms with Crippen LogP contribution in [-0.2, 0) is 20.7 Å². The van der Waals surface area contributed by atoms with E-state index in [-0.39, 0.29) is 23.8 Å². The van der Waals surface area contributed by atoms with E-state index in [1.165, 1.54) is 12.7 Å². The lowest BCUT2D eigenvalue weighted by Gasteiger charge is -2.23. The third-order valence-corrected chi connectivity index (χ3v) is 5.93. The number of likely N-dealkylation sites (tertiary alicyclic amines) is 1. The number of nitrogens with zero attached hydrogens (tertiary/aromatic N) is 1. The fraction of sp³-hybridized carbons (Fsp3) is 0.556. The summed E-state index contributed by atoms with van der Waals surface area (Å²) in [6, 6.07) is 10.2. The molecule has 1 amide bonds. The molecule has 1 aliphatic heterocycles. The number of unbranched alkanes of at least 4 members (excludes halogenated alkanes) is 3. The molecule has 0 aromatic heterocycles. The number of hydrogen-bond donors (Lipinski definition) is 1. The molecular weight excluding hydrogens is 402 g/mol. The molecule has 0 aliphatic carbocycles. The Kier molecular flexibility index (Phi) is 11.6. The number of carbonyl (C=O) groups excluding carboxylic acids is 2. The van der Waals surface area contributed by atoms with Crippen molar-refractivity contribution in [1.29, 1.82) is 0 Å². The summed E-state index contributed by atoms with van der Waals surface area (Å²) < 4.78 is 4.65. The van der Waals surface area contributed by atoms with Gasteiger partial charge in [0, 0.05) is 32.2 Å². The van der Waals surface area contributed by atoms with Gasteiger partial charge in [-0.3, -0.25) is 9.59 Å². The Hall–Kier alpha value is -2.58. The van der Waals surface area contributed by atoms with Crippen molar-refractivity contribution in [3.63, 3.8) is 0 Å². The highest BCUT2D eigenvalue weighted by molar-refractivity contribution is 5.79. The molecule has 0 radical (unpaired) electrons. The maximum atomic E-state index is 12.3. The Morgan fingerprint density at radius 3 is 2.72 bits per heavy atom. The van der Waals surface area contributed by atoms with Crippen molar-refractivity contribution in [3.05, 3.63) is 48.0 Å². The van der Waals surface area contributed by atoms with Crippen molar-refractivity contribution in [1.82, 2.24) is 4.90 Å². The molecule has 5 heteroatoms.